The normalized spacial score (nSPS) is 10.9. The summed E-state index contributed by atoms with van der Waals surface area (Å²) in [7, 11) is 0. The van der Waals surface area contributed by atoms with Crippen LogP contribution in [0.2, 0.25) is 0 Å². The van der Waals surface area contributed by atoms with Crippen molar-refractivity contribution in [3.63, 3.8) is 0 Å². The lowest BCUT2D eigenvalue weighted by molar-refractivity contribution is 0.289. The summed E-state index contributed by atoms with van der Waals surface area (Å²) >= 11 is 0. The molecule has 0 aliphatic heterocycles. The van der Waals surface area contributed by atoms with Crippen molar-refractivity contribution in [1.82, 2.24) is 14.4 Å². The summed E-state index contributed by atoms with van der Waals surface area (Å²) < 4.78 is 1.86. The maximum Gasteiger partial charge on any atom is 0.180 e. The third-order valence-corrected chi connectivity index (χ3v) is 2.64. The summed E-state index contributed by atoms with van der Waals surface area (Å²) in [5.41, 5.74) is 6.56. The van der Waals surface area contributed by atoms with Gasteiger partial charge in [0.1, 0.15) is 5.82 Å². The number of rotatable bonds is 5. The number of nitrogen functional groups attached to an aromatic ring is 1. The molecule has 17 heavy (non-hydrogen) atoms. The van der Waals surface area contributed by atoms with E-state index in [9.17, 15) is 0 Å². The molecule has 0 aliphatic rings. The van der Waals surface area contributed by atoms with Crippen LogP contribution >= 0.6 is 0 Å². The van der Waals surface area contributed by atoms with Crippen molar-refractivity contribution >= 4 is 17.3 Å². The number of hydrogen-bond acceptors (Lipinski definition) is 5. The standard InChI is InChI=1S/C11H17N5O/c1-2-15(5-3-7-17)11-10-13-4-6-16(10)8-9(12)14-11/h4,6,8,17H,2-3,5,7,12H2,1H3. The Balaban J connectivity index is 2.40. The quantitative estimate of drug-likeness (QED) is 0.789. The molecule has 0 bridgehead atoms. The third kappa shape index (κ3) is 2.31. The number of nitrogens with two attached hydrogens (primary N) is 1. The first kappa shape index (κ1) is 11.7. The van der Waals surface area contributed by atoms with E-state index in [1.807, 2.05) is 17.5 Å². The molecule has 0 spiro atoms. The van der Waals surface area contributed by atoms with Gasteiger partial charge in [-0.3, -0.25) is 0 Å². The highest BCUT2D eigenvalue weighted by Gasteiger charge is 2.12. The number of aliphatic hydroxyl groups excluding tert-OH is 1. The van der Waals surface area contributed by atoms with Gasteiger partial charge < -0.3 is 20.1 Å². The molecule has 2 aromatic heterocycles. The van der Waals surface area contributed by atoms with Crippen LogP contribution < -0.4 is 10.6 Å². The van der Waals surface area contributed by atoms with Gasteiger partial charge in [0, 0.05) is 32.1 Å². The molecule has 0 fully saturated rings. The van der Waals surface area contributed by atoms with E-state index in [0.717, 1.165) is 24.6 Å². The molecule has 2 aromatic rings. The highest BCUT2D eigenvalue weighted by Crippen LogP contribution is 2.19. The molecule has 0 radical (unpaired) electrons. The van der Waals surface area contributed by atoms with E-state index in [2.05, 4.69) is 14.9 Å². The Bertz CT molecular complexity index is 496. The van der Waals surface area contributed by atoms with E-state index in [4.69, 9.17) is 10.8 Å². The van der Waals surface area contributed by atoms with Crippen molar-refractivity contribution in [2.75, 3.05) is 30.3 Å². The fourth-order valence-corrected chi connectivity index (χ4v) is 1.82. The van der Waals surface area contributed by atoms with Gasteiger partial charge in [0.25, 0.3) is 0 Å². The number of aromatic nitrogens is 3. The Morgan fingerprint density at radius 3 is 3.06 bits per heavy atom. The van der Waals surface area contributed by atoms with Gasteiger partial charge in [0.05, 0.1) is 6.20 Å². The fraction of sp³-hybridized carbons (Fsp3) is 0.455. The van der Waals surface area contributed by atoms with E-state index in [0.29, 0.717) is 12.2 Å². The van der Waals surface area contributed by atoms with Crippen molar-refractivity contribution in [3.8, 4) is 0 Å². The minimum absolute atomic E-state index is 0.170. The topological polar surface area (TPSA) is 79.7 Å². The van der Waals surface area contributed by atoms with Crippen molar-refractivity contribution < 1.29 is 5.11 Å². The van der Waals surface area contributed by atoms with E-state index in [-0.39, 0.29) is 6.61 Å². The van der Waals surface area contributed by atoms with E-state index < -0.39 is 0 Å². The Morgan fingerprint density at radius 1 is 1.53 bits per heavy atom. The molecule has 0 aliphatic carbocycles. The monoisotopic (exact) mass is 235 g/mol. The van der Waals surface area contributed by atoms with Gasteiger partial charge in [-0.2, -0.15) is 0 Å². The van der Waals surface area contributed by atoms with Crippen LogP contribution in [0.3, 0.4) is 0 Å². The maximum absolute atomic E-state index is 8.89. The van der Waals surface area contributed by atoms with E-state index in [1.54, 1.807) is 12.4 Å². The van der Waals surface area contributed by atoms with Crippen LogP contribution in [0.1, 0.15) is 13.3 Å². The number of hydrogen-bond donors (Lipinski definition) is 2. The minimum Gasteiger partial charge on any atom is -0.396 e. The lowest BCUT2D eigenvalue weighted by atomic mass is 10.4. The second kappa shape index (κ2) is 5.01. The highest BCUT2D eigenvalue weighted by atomic mass is 16.3. The molecular formula is C11H17N5O. The minimum atomic E-state index is 0.170. The van der Waals surface area contributed by atoms with Gasteiger partial charge in [-0.15, -0.1) is 0 Å². The van der Waals surface area contributed by atoms with Gasteiger partial charge in [0.15, 0.2) is 11.5 Å². The Hall–Kier alpha value is -1.82. The second-order valence-electron chi connectivity index (χ2n) is 3.80. The number of aliphatic hydroxyl groups is 1. The molecule has 2 heterocycles. The van der Waals surface area contributed by atoms with Gasteiger partial charge in [-0.1, -0.05) is 0 Å². The molecule has 0 amide bonds. The van der Waals surface area contributed by atoms with E-state index in [1.165, 1.54) is 0 Å². The molecule has 6 heteroatoms. The molecule has 0 saturated heterocycles. The molecule has 0 aromatic carbocycles. The van der Waals surface area contributed by atoms with Crippen LogP contribution in [-0.4, -0.2) is 39.2 Å². The van der Waals surface area contributed by atoms with Crippen molar-refractivity contribution in [1.29, 1.82) is 0 Å². The SMILES string of the molecule is CCN(CCCO)c1nc(N)cn2ccnc12. The van der Waals surface area contributed by atoms with Crippen molar-refractivity contribution in [2.45, 2.75) is 13.3 Å². The van der Waals surface area contributed by atoms with Crippen molar-refractivity contribution in [2.24, 2.45) is 0 Å². The zero-order valence-corrected chi connectivity index (χ0v) is 9.87. The molecule has 3 N–H and O–H groups in total. The fourth-order valence-electron chi connectivity index (χ4n) is 1.82. The Kier molecular flexibility index (Phi) is 3.43. The molecule has 0 atom stereocenters. The molecule has 6 nitrogen and oxygen atoms in total. The summed E-state index contributed by atoms with van der Waals surface area (Å²) in [5.74, 6) is 1.24. The predicted octanol–water partition coefficient (Wildman–Crippen LogP) is 0.520. The average molecular weight is 235 g/mol. The molecule has 0 unspecified atom stereocenters. The Morgan fingerprint density at radius 2 is 2.35 bits per heavy atom. The third-order valence-electron chi connectivity index (χ3n) is 2.64. The smallest absolute Gasteiger partial charge is 0.180 e. The van der Waals surface area contributed by atoms with Crippen LogP contribution in [0.4, 0.5) is 11.6 Å². The number of imidazole rings is 1. The average Bonchev–Trinajstić information content (AvgIpc) is 2.77. The Labute approximate surface area is 99.7 Å². The first-order valence-electron chi connectivity index (χ1n) is 5.71. The lowest BCUT2D eigenvalue weighted by Crippen LogP contribution is -2.26. The van der Waals surface area contributed by atoms with Crippen LogP contribution in [0.25, 0.3) is 5.65 Å². The number of nitrogens with zero attached hydrogens (tertiary/aromatic N) is 4. The zero-order valence-electron chi connectivity index (χ0n) is 9.87. The zero-order chi connectivity index (χ0) is 12.3. The van der Waals surface area contributed by atoms with Crippen LogP contribution in [-0.2, 0) is 0 Å². The predicted molar refractivity (Wildman–Crippen MR) is 67.0 cm³/mol. The summed E-state index contributed by atoms with van der Waals surface area (Å²) in [5, 5.41) is 8.89. The number of anilines is 2. The lowest BCUT2D eigenvalue weighted by Gasteiger charge is -2.22. The van der Waals surface area contributed by atoms with Crippen LogP contribution in [0, 0.1) is 0 Å². The summed E-state index contributed by atoms with van der Waals surface area (Å²) in [6, 6.07) is 0. The largest absolute Gasteiger partial charge is 0.396 e. The highest BCUT2D eigenvalue weighted by molar-refractivity contribution is 5.66. The van der Waals surface area contributed by atoms with Gasteiger partial charge >= 0.3 is 0 Å². The second-order valence-corrected chi connectivity index (χ2v) is 3.80. The van der Waals surface area contributed by atoms with Gasteiger partial charge in [-0.05, 0) is 13.3 Å². The first-order chi connectivity index (χ1) is 8.26. The molecular weight excluding hydrogens is 218 g/mol. The van der Waals surface area contributed by atoms with Gasteiger partial charge in [-0.25, -0.2) is 9.97 Å². The summed E-state index contributed by atoms with van der Waals surface area (Å²) in [6.45, 7) is 3.76. The van der Waals surface area contributed by atoms with Gasteiger partial charge in [0.2, 0.25) is 0 Å². The van der Waals surface area contributed by atoms with Crippen molar-refractivity contribution in [3.05, 3.63) is 18.6 Å². The van der Waals surface area contributed by atoms with Crippen LogP contribution in [0.5, 0.6) is 0 Å². The van der Waals surface area contributed by atoms with E-state index >= 15 is 0 Å². The maximum atomic E-state index is 8.89. The summed E-state index contributed by atoms with van der Waals surface area (Å²) in [4.78, 5) is 10.7. The summed E-state index contributed by atoms with van der Waals surface area (Å²) in [6.07, 6.45) is 6.01. The molecule has 2 rings (SSSR count). The number of fused-ring (bicyclic) bond motifs is 1. The van der Waals surface area contributed by atoms with Crippen LogP contribution in [0.15, 0.2) is 18.6 Å². The molecule has 92 valence electrons. The molecule has 0 saturated carbocycles. The first-order valence-corrected chi connectivity index (χ1v) is 5.71.